The van der Waals surface area contributed by atoms with E-state index in [9.17, 15) is 18.0 Å². The molecule has 3 aromatic rings. The number of hydrogen-bond donors (Lipinski definition) is 1. The highest BCUT2D eigenvalue weighted by Crippen LogP contribution is 2.32. The number of sulfonamides is 1. The summed E-state index contributed by atoms with van der Waals surface area (Å²) < 4.78 is 34.3. The van der Waals surface area contributed by atoms with Crippen LogP contribution in [0.2, 0.25) is 0 Å². The molecule has 0 aliphatic heterocycles. The van der Waals surface area contributed by atoms with Crippen LogP contribution in [0.5, 0.6) is 5.75 Å². The zero-order valence-electron chi connectivity index (χ0n) is 23.1. The van der Waals surface area contributed by atoms with Crippen molar-refractivity contribution in [2.45, 2.75) is 57.6 Å². The van der Waals surface area contributed by atoms with Crippen LogP contribution in [0.4, 0.5) is 5.69 Å². The van der Waals surface area contributed by atoms with Crippen LogP contribution in [-0.4, -0.2) is 50.9 Å². The molecule has 0 unspecified atom stereocenters. The number of para-hydroxylation sites is 2. The van der Waals surface area contributed by atoms with Crippen LogP contribution in [0.25, 0.3) is 0 Å². The van der Waals surface area contributed by atoms with Crippen molar-refractivity contribution in [1.82, 2.24) is 10.2 Å². The summed E-state index contributed by atoms with van der Waals surface area (Å²) in [5, 5.41) is 2.90. The SMILES string of the molecule is CC[C@H](C(=O)NC(C)C)N(Cc1cccc(C)c1)C(=O)CN(c1ccccc1OC)S(=O)(=O)c1ccccc1. The van der Waals surface area contributed by atoms with E-state index >= 15 is 0 Å². The van der Waals surface area contributed by atoms with Gasteiger partial charge >= 0.3 is 0 Å². The number of anilines is 1. The molecule has 0 fully saturated rings. The van der Waals surface area contributed by atoms with Gasteiger partial charge < -0.3 is 15.0 Å². The maximum atomic E-state index is 14.1. The van der Waals surface area contributed by atoms with Crippen molar-refractivity contribution in [3.05, 3.63) is 90.0 Å². The van der Waals surface area contributed by atoms with E-state index in [1.165, 1.54) is 24.1 Å². The molecule has 0 aliphatic carbocycles. The summed E-state index contributed by atoms with van der Waals surface area (Å²) in [6, 6.07) is 21.4. The van der Waals surface area contributed by atoms with Crippen LogP contribution in [0.3, 0.4) is 0 Å². The number of nitrogens with zero attached hydrogens (tertiary/aromatic N) is 2. The average molecular weight is 552 g/mol. The average Bonchev–Trinajstić information content (AvgIpc) is 2.91. The summed E-state index contributed by atoms with van der Waals surface area (Å²) in [5.41, 5.74) is 2.09. The molecule has 0 bridgehead atoms. The number of hydrogen-bond acceptors (Lipinski definition) is 5. The molecule has 1 N–H and O–H groups in total. The van der Waals surface area contributed by atoms with Crippen LogP contribution in [0.15, 0.2) is 83.8 Å². The van der Waals surface area contributed by atoms with Gasteiger partial charge in [-0.2, -0.15) is 0 Å². The van der Waals surface area contributed by atoms with Gasteiger partial charge in [0.1, 0.15) is 18.3 Å². The maximum Gasteiger partial charge on any atom is 0.264 e. The normalized spacial score (nSPS) is 12.1. The number of nitrogens with one attached hydrogen (secondary N) is 1. The molecule has 3 aromatic carbocycles. The Morgan fingerprint density at radius 2 is 1.62 bits per heavy atom. The number of carbonyl (C=O) groups is 2. The van der Waals surface area contributed by atoms with Gasteiger partial charge in [0.25, 0.3) is 10.0 Å². The second kappa shape index (κ2) is 13.3. The minimum Gasteiger partial charge on any atom is -0.495 e. The van der Waals surface area contributed by atoms with E-state index in [1.807, 2.05) is 52.0 Å². The molecule has 0 heterocycles. The van der Waals surface area contributed by atoms with E-state index in [4.69, 9.17) is 4.74 Å². The molecule has 1 atom stereocenters. The fraction of sp³-hybridized carbons (Fsp3) is 0.333. The number of carbonyl (C=O) groups excluding carboxylic acids is 2. The van der Waals surface area contributed by atoms with Crippen molar-refractivity contribution >= 4 is 27.5 Å². The highest BCUT2D eigenvalue weighted by molar-refractivity contribution is 7.92. The molecule has 0 aromatic heterocycles. The van der Waals surface area contributed by atoms with Crippen LogP contribution in [-0.2, 0) is 26.2 Å². The van der Waals surface area contributed by atoms with E-state index in [2.05, 4.69) is 5.32 Å². The van der Waals surface area contributed by atoms with Gasteiger partial charge in [0, 0.05) is 12.6 Å². The first kappa shape index (κ1) is 29.7. The lowest BCUT2D eigenvalue weighted by Crippen LogP contribution is -2.53. The Balaban J connectivity index is 2.09. The lowest BCUT2D eigenvalue weighted by molar-refractivity contribution is -0.140. The number of ether oxygens (including phenoxy) is 1. The summed E-state index contributed by atoms with van der Waals surface area (Å²) >= 11 is 0. The fourth-order valence-corrected chi connectivity index (χ4v) is 5.82. The monoisotopic (exact) mass is 551 g/mol. The summed E-state index contributed by atoms with van der Waals surface area (Å²) in [6.07, 6.45) is 0.357. The van der Waals surface area contributed by atoms with E-state index in [-0.39, 0.29) is 29.1 Å². The van der Waals surface area contributed by atoms with Crippen molar-refractivity contribution in [1.29, 1.82) is 0 Å². The third kappa shape index (κ3) is 7.38. The minimum absolute atomic E-state index is 0.0403. The first-order valence-electron chi connectivity index (χ1n) is 12.9. The van der Waals surface area contributed by atoms with Crippen molar-refractivity contribution in [3.8, 4) is 5.75 Å². The molecule has 8 nitrogen and oxygen atoms in total. The molecule has 0 saturated carbocycles. The minimum atomic E-state index is -4.16. The van der Waals surface area contributed by atoms with Gasteiger partial charge in [-0.25, -0.2) is 8.42 Å². The smallest absolute Gasteiger partial charge is 0.264 e. The van der Waals surface area contributed by atoms with Crippen molar-refractivity contribution < 1.29 is 22.7 Å². The number of aryl methyl sites for hydroxylation is 1. The molecule has 2 amide bonds. The van der Waals surface area contributed by atoms with E-state index in [1.54, 1.807) is 42.5 Å². The number of amides is 2. The molecular formula is C30H37N3O5S. The molecule has 9 heteroatoms. The number of methoxy groups -OCH3 is 1. The summed E-state index contributed by atoms with van der Waals surface area (Å²) in [7, 11) is -2.72. The Labute approximate surface area is 231 Å². The predicted octanol–water partition coefficient (Wildman–Crippen LogP) is 4.53. The Kier molecular flexibility index (Phi) is 10.1. The van der Waals surface area contributed by atoms with Crippen LogP contribution in [0.1, 0.15) is 38.3 Å². The third-order valence-electron chi connectivity index (χ3n) is 6.22. The molecular weight excluding hydrogens is 514 g/mol. The van der Waals surface area contributed by atoms with Crippen LogP contribution < -0.4 is 14.4 Å². The van der Waals surface area contributed by atoms with Gasteiger partial charge in [-0.1, -0.05) is 67.1 Å². The second-order valence-corrected chi connectivity index (χ2v) is 11.5. The molecule has 39 heavy (non-hydrogen) atoms. The Hall–Kier alpha value is -3.85. The topological polar surface area (TPSA) is 96.0 Å². The quantitative estimate of drug-likeness (QED) is 0.357. The highest BCUT2D eigenvalue weighted by Gasteiger charge is 2.34. The highest BCUT2D eigenvalue weighted by atomic mass is 32.2. The zero-order chi connectivity index (χ0) is 28.6. The van der Waals surface area contributed by atoms with Gasteiger partial charge in [-0.15, -0.1) is 0 Å². The molecule has 0 spiro atoms. The predicted molar refractivity (Wildman–Crippen MR) is 153 cm³/mol. The molecule has 0 radical (unpaired) electrons. The van der Waals surface area contributed by atoms with Gasteiger partial charge in [-0.05, 0) is 57.0 Å². The van der Waals surface area contributed by atoms with Crippen molar-refractivity contribution in [2.75, 3.05) is 18.0 Å². The van der Waals surface area contributed by atoms with E-state index in [0.29, 0.717) is 12.2 Å². The standard InChI is InChI=1S/C30H37N3O5S/c1-6-26(30(35)31-22(2)3)32(20-24-14-12-13-23(4)19-24)29(34)21-33(27-17-10-11-18-28(27)38-5)39(36,37)25-15-8-7-9-16-25/h7-19,22,26H,6,20-21H2,1-5H3,(H,31,35)/t26-/m1/s1. The summed E-state index contributed by atoms with van der Waals surface area (Å²) in [5.74, 6) is -0.490. The molecule has 208 valence electrons. The lowest BCUT2D eigenvalue weighted by atomic mass is 10.1. The van der Waals surface area contributed by atoms with Crippen LogP contribution >= 0.6 is 0 Å². The van der Waals surface area contributed by atoms with Crippen LogP contribution in [0, 0.1) is 6.92 Å². The Morgan fingerprint density at radius 1 is 0.949 bits per heavy atom. The zero-order valence-corrected chi connectivity index (χ0v) is 23.9. The van der Waals surface area contributed by atoms with Crippen molar-refractivity contribution in [3.63, 3.8) is 0 Å². The fourth-order valence-electron chi connectivity index (χ4n) is 4.38. The van der Waals surface area contributed by atoms with E-state index in [0.717, 1.165) is 15.4 Å². The second-order valence-electron chi connectivity index (χ2n) is 9.59. The largest absolute Gasteiger partial charge is 0.495 e. The van der Waals surface area contributed by atoms with E-state index < -0.39 is 28.5 Å². The molecule has 0 aliphatic rings. The molecule has 0 saturated heterocycles. The van der Waals surface area contributed by atoms with Gasteiger partial charge in [0.2, 0.25) is 11.8 Å². The number of rotatable bonds is 12. The number of benzene rings is 3. The van der Waals surface area contributed by atoms with Gasteiger partial charge in [0.05, 0.1) is 17.7 Å². The third-order valence-corrected chi connectivity index (χ3v) is 7.99. The summed E-state index contributed by atoms with van der Waals surface area (Å²) in [4.78, 5) is 28.8. The van der Waals surface area contributed by atoms with Gasteiger partial charge in [-0.3, -0.25) is 13.9 Å². The first-order chi connectivity index (χ1) is 18.6. The Morgan fingerprint density at radius 3 is 2.23 bits per heavy atom. The Bertz CT molecular complexity index is 1380. The van der Waals surface area contributed by atoms with Gasteiger partial charge in [0.15, 0.2) is 0 Å². The maximum absolute atomic E-state index is 14.1. The lowest BCUT2D eigenvalue weighted by Gasteiger charge is -2.34. The van der Waals surface area contributed by atoms with Crippen molar-refractivity contribution in [2.24, 2.45) is 0 Å². The first-order valence-corrected chi connectivity index (χ1v) is 14.4. The molecule has 3 rings (SSSR count). The summed E-state index contributed by atoms with van der Waals surface area (Å²) in [6.45, 7) is 7.12.